The summed E-state index contributed by atoms with van der Waals surface area (Å²) in [4.78, 5) is 4.85. The van der Waals surface area contributed by atoms with Crippen LogP contribution < -0.4 is 5.32 Å². The summed E-state index contributed by atoms with van der Waals surface area (Å²) in [6.45, 7) is 1.03. The smallest absolute Gasteiger partial charge is 0.112 e. The summed E-state index contributed by atoms with van der Waals surface area (Å²) in [6.07, 6.45) is 10.2. The monoisotopic (exact) mass is 219 g/mol. The van der Waals surface area contributed by atoms with Crippen molar-refractivity contribution in [2.45, 2.75) is 50.5 Å². The van der Waals surface area contributed by atoms with Gasteiger partial charge in [0, 0.05) is 31.1 Å². The minimum Gasteiger partial charge on any atom is -0.331 e. The molecule has 3 rings (SSSR count). The third-order valence-electron chi connectivity index (χ3n) is 3.85. The fourth-order valence-electron chi connectivity index (χ4n) is 2.45. The highest BCUT2D eigenvalue weighted by Crippen LogP contribution is 2.42. The van der Waals surface area contributed by atoms with Crippen LogP contribution in [0, 0.1) is 0 Å². The van der Waals surface area contributed by atoms with E-state index in [1.807, 2.05) is 7.05 Å². The van der Waals surface area contributed by atoms with E-state index in [9.17, 15) is 0 Å². The Kier molecular flexibility index (Phi) is 2.72. The zero-order valence-electron chi connectivity index (χ0n) is 10.1. The lowest BCUT2D eigenvalue weighted by Crippen LogP contribution is -2.14. The first kappa shape index (κ1) is 10.3. The summed E-state index contributed by atoms with van der Waals surface area (Å²) >= 11 is 0. The standard InChI is InChI=1S/C13H21N3/c1-14-8-7-11-9-16(12-5-6-12)13(15-11)10-3-2-4-10/h9-10,12,14H,2-8H2,1H3. The topological polar surface area (TPSA) is 29.9 Å². The number of hydrogen-bond acceptors (Lipinski definition) is 2. The van der Waals surface area contributed by atoms with E-state index in [2.05, 4.69) is 16.1 Å². The number of aromatic nitrogens is 2. The first-order valence-electron chi connectivity index (χ1n) is 6.60. The molecule has 2 fully saturated rings. The van der Waals surface area contributed by atoms with Crippen LogP contribution in [0.4, 0.5) is 0 Å². The third kappa shape index (κ3) is 1.88. The summed E-state index contributed by atoms with van der Waals surface area (Å²) < 4.78 is 2.48. The van der Waals surface area contributed by atoms with Crippen molar-refractivity contribution >= 4 is 0 Å². The Morgan fingerprint density at radius 3 is 2.75 bits per heavy atom. The van der Waals surface area contributed by atoms with E-state index in [-0.39, 0.29) is 0 Å². The molecular weight excluding hydrogens is 198 g/mol. The third-order valence-corrected chi connectivity index (χ3v) is 3.85. The van der Waals surface area contributed by atoms with Gasteiger partial charge in [0.1, 0.15) is 5.82 Å². The van der Waals surface area contributed by atoms with Crippen molar-refractivity contribution in [2.75, 3.05) is 13.6 Å². The lowest BCUT2D eigenvalue weighted by atomic mass is 9.85. The molecule has 1 heterocycles. The number of hydrogen-bond donors (Lipinski definition) is 1. The van der Waals surface area contributed by atoms with Crippen molar-refractivity contribution in [1.29, 1.82) is 0 Å². The molecule has 16 heavy (non-hydrogen) atoms. The van der Waals surface area contributed by atoms with Crippen LogP contribution in [0.5, 0.6) is 0 Å². The highest BCUT2D eigenvalue weighted by atomic mass is 15.1. The molecule has 1 aromatic rings. The first-order valence-corrected chi connectivity index (χ1v) is 6.60. The van der Waals surface area contributed by atoms with Crippen molar-refractivity contribution in [3.63, 3.8) is 0 Å². The molecule has 0 amide bonds. The Hall–Kier alpha value is -0.830. The zero-order chi connectivity index (χ0) is 11.0. The van der Waals surface area contributed by atoms with Gasteiger partial charge >= 0.3 is 0 Å². The highest BCUT2D eigenvalue weighted by Gasteiger charge is 2.31. The van der Waals surface area contributed by atoms with E-state index in [1.54, 1.807) is 0 Å². The number of nitrogens with zero attached hydrogens (tertiary/aromatic N) is 2. The van der Waals surface area contributed by atoms with Gasteiger partial charge in [-0.2, -0.15) is 0 Å². The van der Waals surface area contributed by atoms with Gasteiger partial charge < -0.3 is 9.88 Å². The summed E-state index contributed by atoms with van der Waals surface area (Å²) in [5.41, 5.74) is 1.28. The van der Waals surface area contributed by atoms with Gasteiger partial charge in [0.2, 0.25) is 0 Å². The van der Waals surface area contributed by atoms with E-state index in [0.717, 1.165) is 24.9 Å². The minimum absolute atomic E-state index is 0.768. The molecule has 2 aliphatic rings. The van der Waals surface area contributed by atoms with Crippen LogP contribution in [0.3, 0.4) is 0 Å². The van der Waals surface area contributed by atoms with Crippen molar-refractivity contribution < 1.29 is 0 Å². The lowest BCUT2D eigenvalue weighted by Gasteiger charge is -2.25. The van der Waals surface area contributed by atoms with Crippen LogP contribution in [0.25, 0.3) is 0 Å². The molecule has 3 nitrogen and oxygen atoms in total. The van der Waals surface area contributed by atoms with Gasteiger partial charge in [-0.3, -0.25) is 0 Å². The zero-order valence-corrected chi connectivity index (χ0v) is 10.1. The number of likely N-dealkylation sites (N-methyl/N-ethyl adjacent to an activating group) is 1. The van der Waals surface area contributed by atoms with Crippen LogP contribution in [0.1, 0.15) is 55.6 Å². The average molecular weight is 219 g/mol. The Morgan fingerprint density at radius 1 is 1.38 bits per heavy atom. The number of nitrogens with one attached hydrogen (secondary N) is 1. The Balaban J connectivity index is 1.79. The molecule has 2 aliphatic carbocycles. The second-order valence-electron chi connectivity index (χ2n) is 5.21. The van der Waals surface area contributed by atoms with Crippen LogP contribution in [-0.2, 0) is 6.42 Å². The summed E-state index contributed by atoms with van der Waals surface area (Å²) in [7, 11) is 2.00. The molecule has 3 heteroatoms. The van der Waals surface area contributed by atoms with Crippen LogP contribution in [0.2, 0.25) is 0 Å². The SMILES string of the molecule is CNCCc1cn(C2CC2)c(C2CCC2)n1. The van der Waals surface area contributed by atoms with E-state index in [0.29, 0.717) is 0 Å². The van der Waals surface area contributed by atoms with Gasteiger partial charge in [0.05, 0.1) is 5.69 Å². The molecule has 88 valence electrons. The van der Waals surface area contributed by atoms with E-state index < -0.39 is 0 Å². The van der Waals surface area contributed by atoms with E-state index in [4.69, 9.17) is 4.98 Å². The van der Waals surface area contributed by atoms with Crippen molar-refractivity contribution in [3.05, 3.63) is 17.7 Å². The van der Waals surface area contributed by atoms with Crippen molar-refractivity contribution in [3.8, 4) is 0 Å². The summed E-state index contributed by atoms with van der Waals surface area (Å²) in [5, 5.41) is 3.20. The molecule has 0 aromatic carbocycles. The van der Waals surface area contributed by atoms with Crippen LogP contribution in [-0.4, -0.2) is 23.1 Å². The van der Waals surface area contributed by atoms with Gasteiger partial charge in [-0.15, -0.1) is 0 Å². The molecule has 2 saturated carbocycles. The fraction of sp³-hybridized carbons (Fsp3) is 0.769. The predicted molar refractivity (Wildman–Crippen MR) is 64.7 cm³/mol. The largest absolute Gasteiger partial charge is 0.331 e. The number of imidazole rings is 1. The Morgan fingerprint density at radius 2 is 2.19 bits per heavy atom. The van der Waals surface area contributed by atoms with Crippen LogP contribution in [0.15, 0.2) is 6.20 Å². The lowest BCUT2D eigenvalue weighted by molar-refractivity contribution is 0.387. The first-order chi connectivity index (χ1) is 7.88. The van der Waals surface area contributed by atoms with Crippen molar-refractivity contribution in [2.24, 2.45) is 0 Å². The fourth-order valence-corrected chi connectivity index (χ4v) is 2.45. The molecule has 0 saturated heterocycles. The highest BCUT2D eigenvalue weighted by molar-refractivity contribution is 5.14. The molecule has 1 N–H and O–H groups in total. The minimum atomic E-state index is 0.768. The van der Waals surface area contributed by atoms with Gasteiger partial charge in [0.25, 0.3) is 0 Å². The van der Waals surface area contributed by atoms with E-state index in [1.165, 1.54) is 43.6 Å². The molecule has 0 spiro atoms. The molecule has 1 aromatic heterocycles. The number of rotatable bonds is 5. The van der Waals surface area contributed by atoms with Gasteiger partial charge in [-0.1, -0.05) is 6.42 Å². The quantitative estimate of drug-likeness (QED) is 0.823. The molecule has 0 aliphatic heterocycles. The molecule has 0 unspecified atom stereocenters. The normalized spacial score (nSPS) is 21.1. The van der Waals surface area contributed by atoms with Gasteiger partial charge in [0.15, 0.2) is 0 Å². The summed E-state index contributed by atoms with van der Waals surface area (Å²) in [5.74, 6) is 2.16. The van der Waals surface area contributed by atoms with Gasteiger partial charge in [-0.25, -0.2) is 4.98 Å². The summed E-state index contributed by atoms with van der Waals surface area (Å²) in [6, 6.07) is 0.784. The van der Waals surface area contributed by atoms with Crippen LogP contribution >= 0.6 is 0 Å². The average Bonchev–Trinajstić information content (AvgIpc) is 2.97. The second-order valence-corrected chi connectivity index (χ2v) is 5.21. The maximum absolute atomic E-state index is 4.85. The molecule has 0 radical (unpaired) electrons. The molecular formula is C13H21N3. The Labute approximate surface area is 97.3 Å². The van der Waals surface area contributed by atoms with Crippen molar-refractivity contribution in [1.82, 2.24) is 14.9 Å². The maximum atomic E-state index is 4.85. The second kappa shape index (κ2) is 4.21. The maximum Gasteiger partial charge on any atom is 0.112 e. The Bertz CT molecular complexity index is 361. The van der Waals surface area contributed by atoms with Gasteiger partial charge in [-0.05, 0) is 32.7 Å². The molecule has 0 atom stereocenters. The molecule has 0 bridgehead atoms. The predicted octanol–water partition coefficient (Wildman–Crippen LogP) is 2.25. The van der Waals surface area contributed by atoms with E-state index >= 15 is 0 Å².